The molecule has 3 heterocycles. The molecule has 1 amide bonds. The summed E-state index contributed by atoms with van der Waals surface area (Å²) in [7, 11) is 3.16. The van der Waals surface area contributed by atoms with Gasteiger partial charge < -0.3 is 29.2 Å². The van der Waals surface area contributed by atoms with Gasteiger partial charge in [-0.1, -0.05) is 11.8 Å². The van der Waals surface area contributed by atoms with Crippen LogP contribution in [0.1, 0.15) is 51.6 Å². The van der Waals surface area contributed by atoms with E-state index in [-0.39, 0.29) is 24.5 Å². The number of rotatable bonds is 9. The number of aliphatic imine (C=N–C) groups is 1. The van der Waals surface area contributed by atoms with Crippen molar-refractivity contribution >= 4 is 28.8 Å². The van der Waals surface area contributed by atoms with Crippen molar-refractivity contribution in [3.63, 3.8) is 0 Å². The number of ether oxygens (including phenoxy) is 4. The number of methoxy groups -OCH3 is 2. The topological polar surface area (TPSA) is 98.7 Å². The number of fused-ring (bicyclic) bond motifs is 1. The van der Waals surface area contributed by atoms with Gasteiger partial charge in [0.25, 0.3) is 0 Å². The van der Waals surface area contributed by atoms with E-state index in [1.165, 1.54) is 11.8 Å². The Bertz CT molecular complexity index is 1080. The number of amidine groups is 1. The molecule has 0 spiro atoms. The van der Waals surface area contributed by atoms with Crippen molar-refractivity contribution in [1.29, 1.82) is 0 Å². The van der Waals surface area contributed by atoms with Crippen LogP contribution < -0.4 is 14.8 Å². The van der Waals surface area contributed by atoms with Gasteiger partial charge in [0.05, 0.1) is 50.2 Å². The maximum atomic E-state index is 13.3. The quantitative estimate of drug-likeness (QED) is 0.494. The number of thioether (sulfide) groups is 1. The first-order valence-electron chi connectivity index (χ1n) is 12.1. The summed E-state index contributed by atoms with van der Waals surface area (Å²) in [5.74, 6) is 0.623. The van der Waals surface area contributed by atoms with E-state index < -0.39 is 12.0 Å². The molecule has 9 nitrogen and oxygen atoms in total. The Labute approximate surface area is 215 Å². The van der Waals surface area contributed by atoms with Crippen LogP contribution in [0.15, 0.2) is 45.6 Å². The average Bonchev–Trinajstić information content (AvgIpc) is 3.51. The van der Waals surface area contributed by atoms with Gasteiger partial charge in [-0.25, -0.2) is 9.79 Å². The fourth-order valence-corrected chi connectivity index (χ4v) is 5.44. The summed E-state index contributed by atoms with van der Waals surface area (Å²) in [6.45, 7) is 6.65. The maximum absolute atomic E-state index is 13.3. The number of hydrogen-bond donors (Lipinski definition) is 1. The smallest absolute Gasteiger partial charge is 0.338 e. The van der Waals surface area contributed by atoms with Gasteiger partial charge in [0, 0.05) is 24.9 Å². The molecule has 10 heteroatoms. The summed E-state index contributed by atoms with van der Waals surface area (Å²) in [5.41, 5.74) is 2.50. The Morgan fingerprint density at radius 3 is 2.56 bits per heavy atom. The molecule has 3 aliphatic heterocycles. The van der Waals surface area contributed by atoms with Crippen molar-refractivity contribution < 1.29 is 28.5 Å². The number of nitrogens with zero attached hydrogens (tertiary/aromatic N) is 2. The van der Waals surface area contributed by atoms with Crippen LogP contribution in [0.5, 0.6) is 11.5 Å². The Balaban J connectivity index is 1.68. The minimum absolute atomic E-state index is 0.0629. The van der Waals surface area contributed by atoms with Crippen LogP contribution in [0.3, 0.4) is 0 Å². The molecule has 1 aromatic carbocycles. The lowest BCUT2D eigenvalue weighted by atomic mass is 9.93. The van der Waals surface area contributed by atoms with Crippen LogP contribution in [0.25, 0.3) is 0 Å². The maximum Gasteiger partial charge on any atom is 0.338 e. The monoisotopic (exact) mass is 515 g/mol. The van der Waals surface area contributed by atoms with Gasteiger partial charge in [-0.05, 0) is 56.7 Å². The predicted octanol–water partition coefficient (Wildman–Crippen LogP) is 3.92. The van der Waals surface area contributed by atoms with E-state index in [9.17, 15) is 9.59 Å². The summed E-state index contributed by atoms with van der Waals surface area (Å²) >= 11 is 1.43. The lowest BCUT2D eigenvalue weighted by Gasteiger charge is -2.36. The van der Waals surface area contributed by atoms with Gasteiger partial charge in [0.2, 0.25) is 5.91 Å². The molecule has 1 N–H and O–H groups in total. The van der Waals surface area contributed by atoms with Gasteiger partial charge in [-0.2, -0.15) is 0 Å². The summed E-state index contributed by atoms with van der Waals surface area (Å²) in [5, 5.41) is 5.59. The second kappa shape index (κ2) is 11.4. The van der Waals surface area contributed by atoms with E-state index in [0.29, 0.717) is 34.5 Å². The Morgan fingerprint density at radius 1 is 1.22 bits per heavy atom. The fraction of sp³-hybridized carbons (Fsp3) is 0.500. The van der Waals surface area contributed by atoms with Crippen LogP contribution in [0.4, 0.5) is 0 Å². The number of esters is 1. The number of hydrogen-bond acceptors (Lipinski definition) is 9. The molecule has 36 heavy (non-hydrogen) atoms. The molecule has 1 saturated heterocycles. The molecule has 4 rings (SSSR count). The van der Waals surface area contributed by atoms with E-state index >= 15 is 0 Å². The summed E-state index contributed by atoms with van der Waals surface area (Å²) < 4.78 is 22.2. The molecular formula is C26H33N3O6S. The lowest BCUT2D eigenvalue weighted by Crippen LogP contribution is -2.39. The van der Waals surface area contributed by atoms with E-state index in [1.54, 1.807) is 27.2 Å². The third-order valence-electron chi connectivity index (χ3n) is 6.15. The molecule has 1 fully saturated rings. The van der Waals surface area contributed by atoms with E-state index in [4.69, 9.17) is 23.9 Å². The summed E-state index contributed by atoms with van der Waals surface area (Å²) in [4.78, 5) is 32.8. The van der Waals surface area contributed by atoms with Crippen LogP contribution in [-0.4, -0.2) is 61.5 Å². The number of nitrogens with one attached hydrogen (secondary N) is 1. The van der Waals surface area contributed by atoms with Crippen LogP contribution in [-0.2, 0) is 19.1 Å². The van der Waals surface area contributed by atoms with Crippen LogP contribution in [0, 0.1) is 0 Å². The van der Waals surface area contributed by atoms with Crippen molar-refractivity contribution in [2.75, 3.05) is 27.4 Å². The minimum atomic E-state index is -0.569. The first-order chi connectivity index (χ1) is 17.3. The van der Waals surface area contributed by atoms with Crippen LogP contribution in [0.2, 0.25) is 0 Å². The van der Waals surface area contributed by atoms with Crippen molar-refractivity contribution in [2.24, 2.45) is 4.99 Å². The number of benzene rings is 1. The Hall–Kier alpha value is -2.98. The van der Waals surface area contributed by atoms with E-state index in [0.717, 1.165) is 30.7 Å². The van der Waals surface area contributed by atoms with Crippen molar-refractivity contribution in [1.82, 2.24) is 10.2 Å². The SMILES string of the molecule is COc1cc(OC)cc([C@H]2C(C(=O)OC(C)C)=C(C)N=C3SC=C(CC(=O)NC[C@H]4CCCO4)N32)c1. The summed E-state index contributed by atoms with van der Waals surface area (Å²) in [6.07, 6.45) is 1.88. The van der Waals surface area contributed by atoms with Gasteiger partial charge in [0.1, 0.15) is 11.5 Å². The number of carbonyl (C=O) groups excluding carboxylic acids is 2. The highest BCUT2D eigenvalue weighted by molar-refractivity contribution is 8.16. The van der Waals surface area contributed by atoms with Crippen molar-refractivity contribution in [2.45, 2.75) is 58.3 Å². The highest BCUT2D eigenvalue weighted by Crippen LogP contribution is 2.46. The zero-order chi connectivity index (χ0) is 25.8. The normalized spacial score (nSPS) is 21.2. The zero-order valence-electron chi connectivity index (χ0n) is 21.3. The molecule has 0 bridgehead atoms. The summed E-state index contributed by atoms with van der Waals surface area (Å²) in [6, 6.07) is 4.94. The number of allylic oxidation sites excluding steroid dienone is 1. The van der Waals surface area contributed by atoms with E-state index in [1.807, 2.05) is 36.3 Å². The molecule has 0 saturated carbocycles. The third-order valence-corrected chi connectivity index (χ3v) is 7.03. The van der Waals surface area contributed by atoms with Gasteiger partial charge in [-0.3, -0.25) is 4.79 Å². The molecule has 0 aliphatic carbocycles. The molecule has 0 radical (unpaired) electrons. The Kier molecular flexibility index (Phi) is 8.25. The van der Waals surface area contributed by atoms with Gasteiger partial charge in [-0.15, -0.1) is 0 Å². The van der Waals surface area contributed by atoms with Gasteiger partial charge in [0.15, 0.2) is 5.17 Å². The molecule has 0 unspecified atom stereocenters. The number of carbonyl (C=O) groups is 2. The highest BCUT2D eigenvalue weighted by Gasteiger charge is 2.41. The largest absolute Gasteiger partial charge is 0.497 e. The minimum Gasteiger partial charge on any atom is -0.497 e. The number of amides is 1. The van der Waals surface area contributed by atoms with Crippen LogP contribution >= 0.6 is 11.8 Å². The van der Waals surface area contributed by atoms with Gasteiger partial charge >= 0.3 is 5.97 Å². The first kappa shape index (κ1) is 26.1. The average molecular weight is 516 g/mol. The standard InChI is InChI=1S/C26H33N3O6S/c1-15(2)35-25(31)23-16(3)28-26-29(24(23)17-9-20(32-4)12-21(10-17)33-5)18(14-36-26)11-22(30)27-13-19-7-6-8-34-19/h9-10,12,14-15,19,24H,6-8,11,13H2,1-5H3,(H,27,30)/t19-,24+/m1/s1. The first-order valence-corrected chi connectivity index (χ1v) is 12.9. The predicted molar refractivity (Wildman–Crippen MR) is 138 cm³/mol. The van der Waals surface area contributed by atoms with Crippen molar-refractivity contribution in [3.05, 3.63) is 46.1 Å². The molecule has 0 aromatic heterocycles. The zero-order valence-corrected chi connectivity index (χ0v) is 22.1. The lowest BCUT2D eigenvalue weighted by molar-refractivity contribution is -0.143. The highest BCUT2D eigenvalue weighted by atomic mass is 32.2. The molecule has 1 aromatic rings. The second-order valence-corrected chi connectivity index (χ2v) is 9.95. The fourth-order valence-electron chi connectivity index (χ4n) is 4.47. The molecule has 3 aliphatic rings. The van der Waals surface area contributed by atoms with Crippen molar-refractivity contribution in [3.8, 4) is 11.5 Å². The van der Waals surface area contributed by atoms with E-state index in [2.05, 4.69) is 5.32 Å². The second-order valence-electron chi connectivity index (χ2n) is 9.11. The Morgan fingerprint density at radius 2 is 1.94 bits per heavy atom. The molecule has 2 atom stereocenters. The molecular weight excluding hydrogens is 482 g/mol. The molecule has 194 valence electrons. The third kappa shape index (κ3) is 5.70.